The Hall–Kier alpha value is -1.22. The molecule has 0 spiro atoms. The predicted octanol–water partition coefficient (Wildman–Crippen LogP) is 0.729. The standard InChI is InChI=1S/C16H27NO7/c1-3-4-5-6-7-8-17-15(18)13-11-12(22-9-23-13)14(16(19)20-2)24-10-21-11/h11-14H,3-10H2,1-2H3,(H,17,18)/t11-,12-,13-,14+/m0/s1. The second kappa shape index (κ2) is 9.93. The maximum absolute atomic E-state index is 12.4. The molecule has 1 N–H and O–H groups in total. The van der Waals surface area contributed by atoms with Crippen molar-refractivity contribution in [1.29, 1.82) is 0 Å². The number of hydrogen-bond donors (Lipinski definition) is 1. The van der Waals surface area contributed by atoms with Crippen molar-refractivity contribution in [2.24, 2.45) is 0 Å². The van der Waals surface area contributed by atoms with Gasteiger partial charge in [-0.2, -0.15) is 0 Å². The quantitative estimate of drug-likeness (QED) is 0.512. The van der Waals surface area contributed by atoms with E-state index in [1.54, 1.807) is 0 Å². The fourth-order valence-electron chi connectivity index (χ4n) is 2.86. The minimum Gasteiger partial charge on any atom is -0.467 e. The van der Waals surface area contributed by atoms with E-state index in [1.807, 2.05) is 0 Å². The van der Waals surface area contributed by atoms with Crippen LogP contribution in [0.1, 0.15) is 39.0 Å². The third-order valence-corrected chi connectivity index (χ3v) is 4.21. The molecule has 8 nitrogen and oxygen atoms in total. The number of methoxy groups -OCH3 is 1. The van der Waals surface area contributed by atoms with Crippen molar-refractivity contribution < 1.29 is 33.3 Å². The average Bonchev–Trinajstić information content (AvgIpc) is 2.62. The lowest BCUT2D eigenvalue weighted by Crippen LogP contribution is -2.62. The van der Waals surface area contributed by atoms with Gasteiger partial charge in [-0.05, 0) is 6.42 Å². The molecule has 2 heterocycles. The molecule has 4 atom stereocenters. The van der Waals surface area contributed by atoms with Crippen molar-refractivity contribution in [3.63, 3.8) is 0 Å². The molecule has 2 aliphatic rings. The van der Waals surface area contributed by atoms with Gasteiger partial charge < -0.3 is 29.0 Å². The van der Waals surface area contributed by atoms with Crippen LogP contribution in [0.4, 0.5) is 0 Å². The molecule has 0 aliphatic carbocycles. The molecule has 1 amide bonds. The number of nitrogens with one attached hydrogen (secondary N) is 1. The van der Waals surface area contributed by atoms with Crippen LogP contribution in [0, 0.1) is 0 Å². The Kier molecular flexibility index (Phi) is 7.90. The molecule has 138 valence electrons. The van der Waals surface area contributed by atoms with Gasteiger partial charge in [-0.3, -0.25) is 4.79 Å². The summed E-state index contributed by atoms with van der Waals surface area (Å²) in [5, 5.41) is 2.86. The smallest absolute Gasteiger partial charge is 0.337 e. The summed E-state index contributed by atoms with van der Waals surface area (Å²) in [7, 11) is 1.28. The second-order valence-electron chi connectivity index (χ2n) is 5.90. The SMILES string of the molecule is CCCCCCCNC(=O)[C@H]1OCO[C@H]2[C@@H]1OCO[C@H]2C(=O)OC. The molecule has 0 radical (unpaired) electrons. The number of hydrogen-bond acceptors (Lipinski definition) is 7. The fraction of sp³-hybridized carbons (Fsp3) is 0.875. The highest BCUT2D eigenvalue weighted by Crippen LogP contribution is 2.26. The molecule has 0 aromatic heterocycles. The first-order valence-corrected chi connectivity index (χ1v) is 8.51. The van der Waals surface area contributed by atoms with Gasteiger partial charge in [-0.15, -0.1) is 0 Å². The number of rotatable bonds is 8. The Balaban J connectivity index is 1.83. The number of esters is 1. The third-order valence-electron chi connectivity index (χ3n) is 4.21. The zero-order valence-corrected chi connectivity index (χ0v) is 14.3. The van der Waals surface area contributed by atoms with Gasteiger partial charge in [0, 0.05) is 6.54 Å². The molecule has 0 saturated carbocycles. The molecule has 2 saturated heterocycles. The zero-order chi connectivity index (χ0) is 17.4. The highest BCUT2D eigenvalue weighted by Gasteiger charge is 2.49. The van der Waals surface area contributed by atoms with Crippen LogP contribution in [-0.4, -0.2) is 63.5 Å². The van der Waals surface area contributed by atoms with Crippen molar-refractivity contribution in [2.75, 3.05) is 27.2 Å². The van der Waals surface area contributed by atoms with E-state index >= 15 is 0 Å². The number of amides is 1. The summed E-state index contributed by atoms with van der Waals surface area (Å²) >= 11 is 0. The lowest BCUT2D eigenvalue weighted by molar-refractivity contribution is -0.314. The Morgan fingerprint density at radius 1 is 0.958 bits per heavy atom. The van der Waals surface area contributed by atoms with E-state index < -0.39 is 30.4 Å². The van der Waals surface area contributed by atoms with Gasteiger partial charge in [-0.25, -0.2) is 4.79 Å². The van der Waals surface area contributed by atoms with Gasteiger partial charge in [0.2, 0.25) is 0 Å². The van der Waals surface area contributed by atoms with Crippen molar-refractivity contribution in [3.8, 4) is 0 Å². The van der Waals surface area contributed by atoms with Crippen molar-refractivity contribution >= 4 is 11.9 Å². The number of carbonyl (C=O) groups excluding carboxylic acids is 2. The van der Waals surface area contributed by atoms with Gasteiger partial charge >= 0.3 is 5.97 Å². The first kappa shape index (κ1) is 19.1. The predicted molar refractivity (Wildman–Crippen MR) is 83.0 cm³/mol. The average molecular weight is 345 g/mol. The van der Waals surface area contributed by atoms with Crippen LogP contribution in [-0.2, 0) is 33.3 Å². The highest BCUT2D eigenvalue weighted by atomic mass is 16.8. The molecule has 8 heteroatoms. The van der Waals surface area contributed by atoms with Crippen LogP contribution in [0.25, 0.3) is 0 Å². The maximum Gasteiger partial charge on any atom is 0.337 e. The highest BCUT2D eigenvalue weighted by molar-refractivity contribution is 5.82. The van der Waals surface area contributed by atoms with Crippen LogP contribution >= 0.6 is 0 Å². The Morgan fingerprint density at radius 3 is 2.25 bits per heavy atom. The molecule has 2 rings (SSSR count). The maximum atomic E-state index is 12.4. The normalized spacial score (nSPS) is 29.6. The minimum absolute atomic E-state index is 0.101. The first-order valence-electron chi connectivity index (χ1n) is 8.51. The number of unbranched alkanes of at least 4 members (excludes halogenated alkanes) is 4. The van der Waals surface area contributed by atoms with E-state index in [4.69, 9.17) is 23.7 Å². The molecule has 24 heavy (non-hydrogen) atoms. The van der Waals surface area contributed by atoms with Crippen LogP contribution < -0.4 is 5.32 Å². The van der Waals surface area contributed by atoms with Gasteiger partial charge in [0.15, 0.2) is 12.2 Å². The van der Waals surface area contributed by atoms with Gasteiger partial charge in [0.05, 0.1) is 7.11 Å². The Morgan fingerprint density at radius 2 is 1.58 bits per heavy atom. The van der Waals surface area contributed by atoms with Crippen LogP contribution in [0.2, 0.25) is 0 Å². The number of fused-ring (bicyclic) bond motifs is 1. The second-order valence-corrected chi connectivity index (χ2v) is 5.90. The summed E-state index contributed by atoms with van der Waals surface area (Å²) in [6.07, 6.45) is 2.43. The summed E-state index contributed by atoms with van der Waals surface area (Å²) in [5.41, 5.74) is 0. The van der Waals surface area contributed by atoms with Crippen molar-refractivity contribution in [3.05, 3.63) is 0 Å². The topological polar surface area (TPSA) is 92.3 Å². The fourth-order valence-corrected chi connectivity index (χ4v) is 2.86. The summed E-state index contributed by atoms with van der Waals surface area (Å²) in [4.78, 5) is 24.1. The van der Waals surface area contributed by atoms with Gasteiger partial charge in [0.25, 0.3) is 5.91 Å². The molecule has 0 unspecified atom stereocenters. The molecule has 0 bridgehead atoms. The number of carbonyl (C=O) groups is 2. The monoisotopic (exact) mass is 345 g/mol. The molecule has 0 aromatic rings. The molecule has 0 aromatic carbocycles. The summed E-state index contributed by atoms with van der Waals surface area (Å²) in [6.45, 7) is 2.54. The van der Waals surface area contributed by atoms with Crippen LogP contribution in [0.15, 0.2) is 0 Å². The molecule has 2 fully saturated rings. The minimum atomic E-state index is -0.915. The largest absolute Gasteiger partial charge is 0.467 e. The van der Waals surface area contributed by atoms with Crippen molar-refractivity contribution in [1.82, 2.24) is 5.32 Å². The number of ether oxygens (including phenoxy) is 5. The lowest BCUT2D eigenvalue weighted by atomic mass is 10.00. The van der Waals surface area contributed by atoms with Gasteiger partial charge in [0.1, 0.15) is 25.8 Å². The summed E-state index contributed by atoms with van der Waals surface area (Å²) in [6, 6.07) is 0. The first-order chi connectivity index (χ1) is 11.7. The van der Waals surface area contributed by atoms with Crippen LogP contribution in [0.5, 0.6) is 0 Å². The van der Waals surface area contributed by atoms with E-state index in [0.29, 0.717) is 6.54 Å². The lowest BCUT2D eigenvalue weighted by Gasteiger charge is -2.42. The van der Waals surface area contributed by atoms with Crippen molar-refractivity contribution in [2.45, 2.75) is 63.4 Å². The molecule has 2 aliphatic heterocycles. The van der Waals surface area contributed by atoms with Gasteiger partial charge in [-0.1, -0.05) is 32.6 Å². The van der Waals surface area contributed by atoms with E-state index in [0.717, 1.165) is 12.8 Å². The van der Waals surface area contributed by atoms with Crippen LogP contribution in [0.3, 0.4) is 0 Å². The van der Waals surface area contributed by atoms with E-state index in [-0.39, 0.29) is 19.5 Å². The molecular formula is C16H27NO7. The summed E-state index contributed by atoms with van der Waals surface area (Å²) < 4.78 is 26.2. The van der Waals surface area contributed by atoms with E-state index in [9.17, 15) is 9.59 Å². The molecular weight excluding hydrogens is 318 g/mol. The zero-order valence-electron chi connectivity index (χ0n) is 14.3. The van der Waals surface area contributed by atoms with E-state index in [1.165, 1.54) is 26.4 Å². The Bertz CT molecular complexity index is 417. The Labute approximate surface area is 142 Å². The third kappa shape index (κ3) is 4.89. The van der Waals surface area contributed by atoms with E-state index in [2.05, 4.69) is 12.2 Å². The summed E-state index contributed by atoms with van der Waals surface area (Å²) in [5.74, 6) is -0.806.